The predicted octanol–water partition coefficient (Wildman–Crippen LogP) is 6.02. The van der Waals surface area contributed by atoms with Crippen LogP contribution in [-0.4, -0.2) is 60.5 Å². The van der Waals surface area contributed by atoms with E-state index in [1.54, 1.807) is 15.5 Å². The van der Waals surface area contributed by atoms with Gasteiger partial charge >= 0.3 is 5.97 Å². The second-order valence-corrected chi connectivity index (χ2v) is 12.8. The molecule has 6 rings (SSSR count). The first-order chi connectivity index (χ1) is 23.9. The molecule has 0 amide bonds. The zero-order chi connectivity index (χ0) is 35.9. The van der Waals surface area contributed by atoms with Gasteiger partial charge in [0.05, 0.1) is 35.5 Å². The zero-order valence-electron chi connectivity index (χ0n) is 29.9. The number of nitrogens with zero attached hydrogens (tertiary/aromatic N) is 5. The fourth-order valence-corrected chi connectivity index (χ4v) is 5.94. The number of pyridine rings is 2. The Labute approximate surface area is 293 Å². The number of fused-ring (bicyclic) bond motifs is 2. The minimum Gasteiger partial charge on any atom is -0.458 e. The first kappa shape index (κ1) is 36.1. The molecule has 0 atom stereocenters. The highest BCUT2D eigenvalue weighted by Crippen LogP contribution is 2.24. The van der Waals surface area contributed by atoms with Crippen LogP contribution in [0.15, 0.2) is 79.3 Å². The molecule has 4 heterocycles. The molecule has 0 fully saturated rings. The molecule has 0 saturated heterocycles. The number of ether oxygens (including phenoxy) is 1. The molecule has 0 aliphatic rings. The Morgan fingerprint density at radius 1 is 0.780 bits per heavy atom. The normalized spacial score (nSPS) is 11.3. The number of aromatic nitrogens is 4. The lowest BCUT2D eigenvalue weighted by Crippen LogP contribution is -2.23. The molecule has 0 bridgehead atoms. The van der Waals surface area contributed by atoms with Crippen LogP contribution < -0.4 is 10.6 Å². The standard InChI is InChI=1S/C22H28N4O2.C17H19N3O2/c1-15-8-6-9-16(2)18(15)12-23-19-10-7-11-26-17(3)20(24-22(19)26)14-28-21(27)13-25(4)5;1-11-5-3-6-12(2)13(11)9-18-14-7-4-8-20-15(17(21)22)10-19-16(14)20/h6-11,23H,12-14H2,1-5H3;3-8,10,17-18,21-22H,9H2,1-2H3. The van der Waals surface area contributed by atoms with Crippen molar-refractivity contribution in [2.45, 2.75) is 60.6 Å². The van der Waals surface area contributed by atoms with Crippen LogP contribution in [0, 0.1) is 34.6 Å². The van der Waals surface area contributed by atoms with E-state index < -0.39 is 6.29 Å². The molecule has 11 heteroatoms. The number of aliphatic hydroxyl groups excluding tert-OH is 1. The summed E-state index contributed by atoms with van der Waals surface area (Å²) in [6, 6.07) is 20.4. The van der Waals surface area contributed by atoms with Gasteiger partial charge in [0, 0.05) is 31.2 Å². The summed E-state index contributed by atoms with van der Waals surface area (Å²) in [6.45, 7) is 12.3. The van der Waals surface area contributed by atoms with E-state index >= 15 is 0 Å². The smallest absolute Gasteiger partial charge is 0.320 e. The van der Waals surface area contributed by atoms with Crippen LogP contribution in [0.4, 0.5) is 11.4 Å². The average molecular weight is 678 g/mol. The Balaban J connectivity index is 0.000000200. The van der Waals surface area contributed by atoms with Gasteiger partial charge in [-0.2, -0.15) is 0 Å². The number of aryl methyl sites for hydroxylation is 5. The molecule has 4 aromatic heterocycles. The maximum atomic E-state index is 11.8. The third kappa shape index (κ3) is 8.31. The number of anilines is 2. The maximum Gasteiger partial charge on any atom is 0.320 e. The van der Waals surface area contributed by atoms with E-state index in [4.69, 9.17) is 9.72 Å². The predicted molar refractivity (Wildman–Crippen MR) is 197 cm³/mol. The van der Waals surface area contributed by atoms with Crippen molar-refractivity contribution in [1.29, 1.82) is 0 Å². The average Bonchev–Trinajstić information content (AvgIpc) is 3.65. The summed E-state index contributed by atoms with van der Waals surface area (Å²) in [5.41, 5.74) is 13.0. The van der Waals surface area contributed by atoms with E-state index in [0.29, 0.717) is 17.9 Å². The molecule has 0 unspecified atom stereocenters. The SMILES string of the molecule is Cc1cccc(C)c1CNc1cccn2c(C(O)O)cnc12.Cc1cccc(C)c1CNc1cccn2c(C)c(COC(=O)CN(C)C)nc12. The van der Waals surface area contributed by atoms with Gasteiger partial charge < -0.3 is 30.0 Å². The molecule has 262 valence electrons. The second-order valence-electron chi connectivity index (χ2n) is 12.8. The van der Waals surface area contributed by atoms with E-state index in [1.807, 2.05) is 55.9 Å². The lowest BCUT2D eigenvalue weighted by atomic mass is 10.0. The van der Waals surface area contributed by atoms with Crippen molar-refractivity contribution in [1.82, 2.24) is 23.7 Å². The van der Waals surface area contributed by atoms with Crippen LogP contribution >= 0.6 is 0 Å². The molecular formula is C39H47N7O4. The summed E-state index contributed by atoms with van der Waals surface area (Å²) < 4.78 is 9.08. The van der Waals surface area contributed by atoms with Gasteiger partial charge in [-0.1, -0.05) is 36.4 Å². The van der Waals surface area contributed by atoms with E-state index in [1.165, 1.54) is 39.6 Å². The van der Waals surface area contributed by atoms with Gasteiger partial charge in [-0.15, -0.1) is 0 Å². The fourth-order valence-electron chi connectivity index (χ4n) is 5.94. The third-order valence-electron chi connectivity index (χ3n) is 8.83. The van der Waals surface area contributed by atoms with Gasteiger partial charge in [-0.3, -0.25) is 14.1 Å². The Bertz CT molecular complexity index is 2060. The van der Waals surface area contributed by atoms with Gasteiger partial charge in [0.1, 0.15) is 6.61 Å². The highest BCUT2D eigenvalue weighted by Gasteiger charge is 2.15. The molecule has 0 spiro atoms. The minimum absolute atomic E-state index is 0.177. The summed E-state index contributed by atoms with van der Waals surface area (Å²) in [5.74, 6) is -0.255. The van der Waals surface area contributed by atoms with Crippen molar-refractivity contribution >= 4 is 28.6 Å². The zero-order valence-corrected chi connectivity index (χ0v) is 29.9. The minimum atomic E-state index is -1.54. The van der Waals surface area contributed by atoms with E-state index in [2.05, 4.69) is 79.7 Å². The van der Waals surface area contributed by atoms with Crippen LogP contribution in [0.1, 0.15) is 56.8 Å². The number of esters is 1. The number of likely N-dealkylation sites (N-methyl/N-ethyl adjacent to an activating group) is 1. The number of hydrogen-bond donors (Lipinski definition) is 4. The highest BCUT2D eigenvalue weighted by atomic mass is 16.5. The van der Waals surface area contributed by atoms with Crippen LogP contribution in [0.5, 0.6) is 0 Å². The van der Waals surface area contributed by atoms with Crippen LogP contribution in [0.3, 0.4) is 0 Å². The highest BCUT2D eigenvalue weighted by molar-refractivity contribution is 5.72. The Kier molecular flexibility index (Phi) is 11.5. The number of carbonyl (C=O) groups is 1. The second kappa shape index (κ2) is 16.0. The topological polar surface area (TPSA) is 129 Å². The quantitative estimate of drug-likeness (QED) is 0.0961. The molecule has 50 heavy (non-hydrogen) atoms. The summed E-state index contributed by atoms with van der Waals surface area (Å²) in [7, 11) is 3.68. The number of hydrogen-bond acceptors (Lipinski definition) is 9. The Hall–Kier alpha value is -5.23. The van der Waals surface area contributed by atoms with Crippen molar-refractivity contribution in [3.8, 4) is 0 Å². The summed E-state index contributed by atoms with van der Waals surface area (Å²) >= 11 is 0. The first-order valence-electron chi connectivity index (χ1n) is 16.6. The lowest BCUT2D eigenvalue weighted by Gasteiger charge is -2.13. The van der Waals surface area contributed by atoms with Crippen LogP contribution in [0.2, 0.25) is 0 Å². The lowest BCUT2D eigenvalue weighted by molar-refractivity contribution is -0.145. The Morgan fingerprint density at radius 2 is 1.30 bits per heavy atom. The van der Waals surface area contributed by atoms with Gasteiger partial charge in [0.2, 0.25) is 0 Å². The van der Waals surface area contributed by atoms with Gasteiger partial charge in [0.15, 0.2) is 17.6 Å². The number of carbonyl (C=O) groups excluding carboxylic acids is 1. The number of nitrogens with one attached hydrogen (secondary N) is 2. The monoisotopic (exact) mass is 677 g/mol. The number of benzene rings is 2. The van der Waals surface area contributed by atoms with Gasteiger partial charge in [-0.25, -0.2) is 9.97 Å². The molecule has 6 aromatic rings. The number of rotatable bonds is 11. The molecule has 0 saturated carbocycles. The third-order valence-corrected chi connectivity index (χ3v) is 8.83. The number of aliphatic hydroxyl groups is 2. The van der Waals surface area contributed by atoms with Crippen molar-refractivity contribution < 1.29 is 19.7 Å². The van der Waals surface area contributed by atoms with Crippen LogP contribution in [-0.2, 0) is 29.2 Å². The molecule has 2 aromatic carbocycles. The summed E-state index contributed by atoms with van der Waals surface area (Å²) in [5, 5.41) is 25.6. The van der Waals surface area contributed by atoms with Gasteiger partial charge in [0.25, 0.3) is 0 Å². The first-order valence-corrected chi connectivity index (χ1v) is 16.6. The summed E-state index contributed by atoms with van der Waals surface area (Å²) in [4.78, 5) is 22.6. The molecule has 0 aliphatic carbocycles. The molecule has 4 N–H and O–H groups in total. The van der Waals surface area contributed by atoms with Crippen molar-refractivity contribution in [3.63, 3.8) is 0 Å². The van der Waals surface area contributed by atoms with Gasteiger partial charge in [-0.05, 0) is 106 Å². The molecule has 11 nitrogen and oxygen atoms in total. The van der Waals surface area contributed by atoms with Crippen molar-refractivity contribution in [2.75, 3.05) is 31.3 Å². The number of imidazole rings is 2. The largest absolute Gasteiger partial charge is 0.458 e. The van der Waals surface area contributed by atoms with Crippen molar-refractivity contribution in [2.24, 2.45) is 0 Å². The molecule has 0 aliphatic heterocycles. The fraction of sp³-hybridized carbons (Fsp3) is 0.308. The summed E-state index contributed by atoms with van der Waals surface area (Å²) in [6.07, 6.45) is 3.68. The van der Waals surface area contributed by atoms with Crippen molar-refractivity contribution in [3.05, 3.63) is 130 Å². The molecule has 0 radical (unpaired) electrons. The van der Waals surface area contributed by atoms with E-state index in [0.717, 1.165) is 35.0 Å². The van der Waals surface area contributed by atoms with Crippen LogP contribution in [0.25, 0.3) is 11.3 Å². The molecular weight excluding hydrogens is 630 g/mol. The Morgan fingerprint density at radius 3 is 1.82 bits per heavy atom. The maximum absolute atomic E-state index is 11.8. The van der Waals surface area contributed by atoms with E-state index in [9.17, 15) is 15.0 Å². The van der Waals surface area contributed by atoms with E-state index in [-0.39, 0.29) is 19.1 Å².